The number of rotatable bonds is 2. The summed E-state index contributed by atoms with van der Waals surface area (Å²) in [6.45, 7) is 9.59. The van der Waals surface area contributed by atoms with Crippen LogP contribution in [0.2, 0.25) is 0 Å². The standard InChI is InChI=1S/C14H26N2O.ClH/c1-10-5-4-6-11(2)16(9-10)14(17)12(3)13-7-15-8-13;/h10-13,15H,4-9H2,1-3H3;1H. The predicted octanol–water partition coefficient (Wildman–Crippen LogP) is 2.30. The molecule has 3 atom stereocenters. The number of carbonyl (C=O) groups excluding carboxylic acids is 1. The molecule has 0 aromatic heterocycles. The quantitative estimate of drug-likeness (QED) is 0.838. The molecular weight excluding hydrogens is 248 g/mol. The molecule has 2 aliphatic rings. The van der Waals surface area contributed by atoms with E-state index in [0.717, 1.165) is 19.6 Å². The van der Waals surface area contributed by atoms with E-state index >= 15 is 0 Å². The third kappa shape index (κ3) is 3.39. The highest BCUT2D eigenvalue weighted by atomic mass is 35.5. The zero-order valence-corrected chi connectivity index (χ0v) is 12.6. The minimum atomic E-state index is 0. The van der Waals surface area contributed by atoms with Gasteiger partial charge in [-0.25, -0.2) is 0 Å². The summed E-state index contributed by atoms with van der Waals surface area (Å²) in [5.41, 5.74) is 0. The molecule has 1 N–H and O–H groups in total. The fraction of sp³-hybridized carbons (Fsp3) is 0.929. The van der Waals surface area contributed by atoms with Crippen molar-refractivity contribution in [2.45, 2.75) is 46.1 Å². The molecule has 2 fully saturated rings. The van der Waals surface area contributed by atoms with Crippen molar-refractivity contribution < 1.29 is 4.79 Å². The van der Waals surface area contributed by atoms with Crippen molar-refractivity contribution in [2.75, 3.05) is 19.6 Å². The third-order valence-electron chi connectivity index (χ3n) is 4.55. The average molecular weight is 275 g/mol. The lowest BCUT2D eigenvalue weighted by Crippen LogP contribution is -2.52. The zero-order valence-electron chi connectivity index (χ0n) is 11.8. The molecule has 4 heteroatoms. The molecule has 2 aliphatic heterocycles. The van der Waals surface area contributed by atoms with Crippen molar-refractivity contribution in [1.82, 2.24) is 10.2 Å². The van der Waals surface area contributed by atoms with Gasteiger partial charge in [-0.05, 0) is 44.7 Å². The second kappa shape index (κ2) is 6.76. The van der Waals surface area contributed by atoms with E-state index in [9.17, 15) is 4.79 Å². The van der Waals surface area contributed by atoms with Gasteiger partial charge in [-0.1, -0.05) is 20.3 Å². The zero-order chi connectivity index (χ0) is 12.4. The molecule has 0 spiro atoms. The van der Waals surface area contributed by atoms with Crippen molar-refractivity contribution in [3.63, 3.8) is 0 Å². The van der Waals surface area contributed by atoms with Gasteiger partial charge in [0.05, 0.1) is 0 Å². The minimum absolute atomic E-state index is 0. The van der Waals surface area contributed by atoms with Crippen LogP contribution in [-0.2, 0) is 4.79 Å². The van der Waals surface area contributed by atoms with Gasteiger partial charge in [0.15, 0.2) is 0 Å². The van der Waals surface area contributed by atoms with E-state index in [-0.39, 0.29) is 18.3 Å². The van der Waals surface area contributed by atoms with E-state index < -0.39 is 0 Å². The first-order valence-corrected chi connectivity index (χ1v) is 7.10. The Morgan fingerprint density at radius 3 is 2.50 bits per heavy atom. The topological polar surface area (TPSA) is 32.3 Å². The minimum Gasteiger partial charge on any atom is -0.339 e. The van der Waals surface area contributed by atoms with Gasteiger partial charge in [-0.3, -0.25) is 4.79 Å². The van der Waals surface area contributed by atoms with Gasteiger partial charge < -0.3 is 10.2 Å². The molecule has 0 aliphatic carbocycles. The molecule has 0 saturated carbocycles. The molecule has 0 aromatic rings. The summed E-state index contributed by atoms with van der Waals surface area (Å²) in [5.74, 6) is 1.81. The largest absolute Gasteiger partial charge is 0.339 e. The lowest BCUT2D eigenvalue weighted by atomic mass is 9.87. The van der Waals surface area contributed by atoms with Crippen LogP contribution >= 0.6 is 12.4 Å². The number of nitrogens with zero attached hydrogens (tertiary/aromatic N) is 1. The lowest BCUT2D eigenvalue weighted by molar-refractivity contribution is -0.139. The molecule has 2 heterocycles. The van der Waals surface area contributed by atoms with Crippen molar-refractivity contribution >= 4 is 18.3 Å². The second-order valence-electron chi connectivity index (χ2n) is 6.08. The summed E-state index contributed by atoms with van der Waals surface area (Å²) in [6, 6.07) is 0.433. The fourth-order valence-electron chi connectivity index (χ4n) is 2.96. The van der Waals surface area contributed by atoms with Crippen molar-refractivity contribution in [1.29, 1.82) is 0 Å². The predicted molar refractivity (Wildman–Crippen MR) is 77.0 cm³/mol. The Balaban J connectivity index is 0.00000162. The first-order valence-electron chi connectivity index (χ1n) is 7.10. The molecule has 2 saturated heterocycles. The van der Waals surface area contributed by atoms with Crippen molar-refractivity contribution in [3.05, 3.63) is 0 Å². The Morgan fingerprint density at radius 1 is 1.28 bits per heavy atom. The highest BCUT2D eigenvalue weighted by Gasteiger charge is 2.34. The van der Waals surface area contributed by atoms with Crippen LogP contribution in [-0.4, -0.2) is 36.5 Å². The maximum absolute atomic E-state index is 12.5. The Bertz CT molecular complexity index is 281. The van der Waals surface area contributed by atoms with Gasteiger partial charge in [0.1, 0.15) is 0 Å². The van der Waals surface area contributed by atoms with Gasteiger partial charge in [0.25, 0.3) is 0 Å². The maximum atomic E-state index is 12.5. The SMILES string of the molecule is CC1CCCC(C)N(C(=O)C(C)C2CNC2)C1.Cl. The number of nitrogens with one attached hydrogen (secondary N) is 1. The normalized spacial score (nSPS) is 30.9. The summed E-state index contributed by atoms with van der Waals surface area (Å²) in [5, 5.41) is 3.26. The Hall–Kier alpha value is -0.280. The molecule has 3 unspecified atom stereocenters. The first-order chi connectivity index (χ1) is 8.09. The number of amides is 1. The van der Waals surface area contributed by atoms with Crippen LogP contribution in [0.3, 0.4) is 0 Å². The van der Waals surface area contributed by atoms with E-state index in [0.29, 0.717) is 23.8 Å². The van der Waals surface area contributed by atoms with E-state index in [2.05, 4.69) is 31.0 Å². The van der Waals surface area contributed by atoms with Crippen LogP contribution in [0.25, 0.3) is 0 Å². The second-order valence-corrected chi connectivity index (χ2v) is 6.08. The molecule has 2 rings (SSSR count). The van der Waals surface area contributed by atoms with Gasteiger partial charge >= 0.3 is 0 Å². The van der Waals surface area contributed by atoms with Crippen molar-refractivity contribution in [3.8, 4) is 0 Å². The van der Waals surface area contributed by atoms with Gasteiger partial charge in [-0.15, -0.1) is 12.4 Å². The van der Waals surface area contributed by atoms with Crippen LogP contribution in [0.4, 0.5) is 0 Å². The Labute approximate surface area is 117 Å². The van der Waals surface area contributed by atoms with Gasteiger partial charge in [0, 0.05) is 18.5 Å². The smallest absolute Gasteiger partial charge is 0.226 e. The lowest BCUT2D eigenvalue weighted by Gasteiger charge is -2.37. The molecule has 0 radical (unpaired) electrons. The van der Waals surface area contributed by atoms with Crippen LogP contribution in [0.15, 0.2) is 0 Å². The Morgan fingerprint density at radius 2 is 1.94 bits per heavy atom. The van der Waals surface area contributed by atoms with E-state index in [4.69, 9.17) is 0 Å². The van der Waals surface area contributed by atoms with Gasteiger partial charge in [-0.2, -0.15) is 0 Å². The number of likely N-dealkylation sites (tertiary alicyclic amines) is 1. The number of halogens is 1. The summed E-state index contributed by atoms with van der Waals surface area (Å²) in [6.07, 6.45) is 3.71. The summed E-state index contributed by atoms with van der Waals surface area (Å²) < 4.78 is 0. The van der Waals surface area contributed by atoms with Crippen LogP contribution in [0.5, 0.6) is 0 Å². The first kappa shape index (κ1) is 15.8. The van der Waals surface area contributed by atoms with Crippen LogP contribution in [0, 0.1) is 17.8 Å². The number of carbonyl (C=O) groups is 1. The van der Waals surface area contributed by atoms with E-state index in [1.807, 2.05) is 0 Å². The molecule has 0 aromatic carbocycles. The van der Waals surface area contributed by atoms with E-state index in [1.165, 1.54) is 19.3 Å². The molecule has 0 bridgehead atoms. The Kier molecular flexibility index (Phi) is 5.93. The highest BCUT2D eigenvalue weighted by Crippen LogP contribution is 2.25. The monoisotopic (exact) mass is 274 g/mol. The molecular formula is C14H27ClN2O. The highest BCUT2D eigenvalue weighted by molar-refractivity contribution is 5.85. The van der Waals surface area contributed by atoms with Crippen molar-refractivity contribution in [2.24, 2.45) is 17.8 Å². The molecule has 1 amide bonds. The molecule has 106 valence electrons. The maximum Gasteiger partial charge on any atom is 0.226 e. The third-order valence-corrected chi connectivity index (χ3v) is 4.55. The van der Waals surface area contributed by atoms with Crippen LogP contribution < -0.4 is 5.32 Å². The molecule has 18 heavy (non-hydrogen) atoms. The van der Waals surface area contributed by atoms with Gasteiger partial charge in [0.2, 0.25) is 5.91 Å². The summed E-state index contributed by atoms with van der Waals surface area (Å²) in [4.78, 5) is 14.7. The average Bonchev–Trinajstić information content (AvgIpc) is 2.37. The fourth-order valence-corrected chi connectivity index (χ4v) is 2.96. The summed E-state index contributed by atoms with van der Waals surface area (Å²) >= 11 is 0. The number of hydrogen-bond donors (Lipinski definition) is 1. The molecule has 3 nitrogen and oxygen atoms in total. The van der Waals surface area contributed by atoms with E-state index in [1.54, 1.807) is 0 Å². The van der Waals surface area contributed by atoms with Crippen LogP contribution in [0.1, 0.15) is 40.0 Å². The summed E-state index contributed by atoms with van der Waals surface area (Å²) in [7, 11) is 0. The number of hydrogen-bond acceptors (Lipinski definition) is 2.